The summed E-state index contributed by atoms with van der Waals surface area (Å²) in [5.41, 5.74) is 3.97. The van der Waals surface area contributed by atoms with Crippen molar-refractivity contribution in [3.05, 3.63) is 95.9 Å². The third-order valence-electron chi connectivity index (χ3n) is 5.75. The predicted molar refractivity (Wildman–Crippen MR) is 138 cm³/mol. The van der Waals surface area contributed by atoms with Gasteiger partial charge < -0.3 is 10.4 Å². The molecule has 2 aromatic carbocycles. The highest BCUT2D eigenvalue weighted by atomic mass is 35.5. The Bertz CT molecular complexity index is 1540. The monoisotopic (exact) mass is 500 g/mol. The van der Waals surface area contributed by atoms with Gasteiger partial charge in [-0.3, -0.25) is 4.98 Å². The van der Waals surface area contributed by atoms with Crippen LogP contribution in [-0.2, 0) is 12.1 Å². The largest absolute Gasteiger partial charge is 0.382 e. The van der Waals surface area contributed by atoms with Crippen LogP contribution < -0.4 is 5.32 Å². The van der Waals surface area contributed by atoms with E-state index in [2.05, 4.69) is 30.2 Å². The summed E-state index contributed by atoms with van der Waals surface area (Å²) in [4.78, 5) is 21.1. The molecule has 0 saturated carbocycles. The van der Waals surface area contributed by atoms with Gasteiger partial charge in [-0.1, -0.05) is 23.7 Å². The molecule has 0 amide bonds. The lowest BCUT2D eigenvalue weighted by Crippen LogP contribution is -2.19. The Hall–Kier alpha value is -4.01. The maximum absolute atomic E-state index is 14.7. The number of aromatic nitrogens is 5. The number of rotatable bonds is 6. The fourth-order valence-corrected chi connectivity index (χ4v) is 4.06. The van der Waals surface area contributed by atoms with E-state index in [9.17, 15) is 9.50 Å². The summed E-state index contributed by atoms with van der Waals surface area (Å²) in [6, 6.07) is 10.6. The third kappa shape index (κ3) is 4.86. The third-order valence-corrected chi connectivity index (χ3v) is 6.04. The summed E-state index contributed by atoms with van der Waals surface area (Å²) in [6.07, 6.45) is 9.73. The van der Waals surface area contributed by atoms with Gasteiger partial charge in [-0.2, -0.15) is 0 Å². The van der Waals surface area contributed by atoms with E-state index in [1.807, 2.05) is 18.2 Å². The molecule has 0 aliphatic rings. The highest BCUT2D eigenvalue weighted by Gasteiger charge is 2.19. The van der Waals surface area contributed by atoms with Crippen LogP contribution in [0.1, 0.15) is 25.2 Å². The second kappa shape index (κ2) is 9.56. The molecule has 7 nitrogen and oxygen atoms in total. The van der Waals surface area contributed by atoms with Gasteiger partial charge in [0.05, 0.1) is 16.2 Å². The lowest BCUT2D eigenvalue weighted by Gasteiger charge is -2.16. The number of hydrogen-bond donors (Lipinski definition) is 2. The van der Waals surface area contributed by atoms with Crippen LogP contribution in [0.5, 0.6) is 0 Å². The molecule has 0 unspecified atom stereocenters. The Labute approximate surface area is 212 Å². The van der Waals surface area contributed by atoms with E-state index in [0.717, 1.165) is 33.2 Å². The number of halogens is 2. The van der Waals surface area contributed by atoms with E-state index < -0.39 is 5.60 Å². The number of nitrogens with one attached hydrogen (secondary N) is 1. The van der Waals surface area contributed by atoms with Gasteiger partial charge in [0.2, 0.25) is 0 Å². The molecule has 5 aromatic rings. The molecule has 0 aliphatic carbocycles. The molecule has 5 rings (SSSR count). The fourth-order valence-electron chi connectivity index (χ4n) is 3.84. The molecule has 0 saturated heterocycles. The lowest BCUT2D eigenvalue weighted by molar-refractivity contribution is 0.0687. The summed E-state index contributed by atoms with van der Waals surface area (Å²) in [5.74, 6) is 0.00717. The summed E-state index contributed by atoms with van der Waals surface area (Å²) in [6.45, 7) is 3.48. The Morgan fingerprint density at radius 2 is 1.53 bits per heavy atom. The van der Waals surface area contributed by atoms with Crippen molar-refractivity contribution in [1.29, 1.82) is 0 Å². The zero-order valence-electron chi connectivity index (χ0n) is 19.6. The summed E-state index contributed by atoms with van der Waals surface area (Å²) >= 11 is 6.52. The first-order valence-electron chi connectivity index (χ1n) is 11.2. The molecule has 36 heavy (non-hydrogen) atoms. The molecule has 0 fully saturated rings. The topological polar surface area (TPSA) is 96.7 Å². The Morgan fingerprint density at radius 1 is 0.861 bits per heavy atom. The van der Waals surface area contributed by atoms with Crippen molar-refractivity contribution in [2.75, 3.05) is 5.32 Å². The second-order valence-corrected chi connectivity index (χ2v) is 9.26. The van der Waals surface area contributed by atoms with E-state index in [0.29, 0.717) is 22.1 Å². The molecule has 3 aromatic heterocycles. The SMILES string of the molecule is CC(C)(O)c1ncc(-c2ccc3ncc(Cl)c(NCc4cc(-c5cncnc5)ccc4F)c3c2)cn1. The number of fused-ring (bicyclic) bond motifs is 1. The van der Waals surface area contributed by atoms with E-state index >= 15 is 0 Å². The minimum atomic E-state index is -1.13. The normalized spacial score (nSPS) is 11.6. The Balaban J connectivity index is 1.47. The number of hydrogen-bond acceptors (Lipinski definition) is 7. The molecule has 2 N–H and O–H groups in total. The Kier molecular flexibility index (Phi) is 6.30. The van der Waals surface area contributed by atoms with Crippen molar-refractivity contribution in [3.63, 3.8) is 0 Å². The first kappa shape index (κ1) is 23.7. The van der Waals surface area contributed by atoms with E-state index in [-0.39, 0.29) is 12.4 Å². The van der Waals surface area contributed by atoms with Gasteiger partial charge >= 0.3 is 0 Å². The fraction of sp³-hybridized carbons (Fsp3) is 0.148. The smallest absolute Gasteiger partial charge is 0.159 e. The first-order chi connectivity index (χ1) is 17.3. The molecule has 3 heterocycles. The zero-order chi connectivity index (χ0) is 25.3. The van der Waals surface area contributed by atoms with Crippen molar-refractivity contribution < 1.29 is 9.50 Å². The van der Waals surface area contributed by atoms with Gasteiger partial charge in [0, 0.05) is 59.6 Å². The van der Waals surface area contributed by atoms with Gasteiger partial charge in [-0.25, -0.2) is 24.3 Å². The Morgan fingerprint density at radius 3 is 2.25 bits per heavy atom. The van der Waals surface area contributed by atoms with Crippen LogP contribution in [0.15, 0.2) is 73.7 Å². The van der Waals surface area contributed by atoms with Crippen LogP contribution in [0.2, 0.25) is 5.02 Å². The van der Waals surface area contributed by atoms with E-state index in [4.69, 9.17) is 11.6 Å². The molecule has 0 spiro atoms. The number of anilines is 1. The lowest BCUT2D eigenvalue weighted by atomic mass is 10.0. The van der Waals surface area contributed by atoms with Crippen LogP contribution in [0.4, 0.5) is 10.1 Å². The van der Waals surface area contributed by atoms with Gasteiger partial charge in [-0.05, 0) is 49.2 Å². The number of nitrogens with zero attached hydrogens (tertiary/aromatic N) is 5. The predicted octanol–water partition coefficient (Wildman–Crippen LogP) is 5.78. The van der Waals surface area contributed by atoms with Crippen LogP contribution in [0, 0.1) is 5.82 Å². The van der Waals surface area contributed by atoms with Gasteiger partial charge in [0.15, 0.2) is 5.82 Å². The second-order valence-electron chi connectivity index (χ2n) is 8.85. The van der Waals surface area contributed by atoms with Gasteiger partial charge in [0.1, 0.15) is 17.7 Å². The molecule has 0 radical (unpaired) electrons. The number of aliphatic hydroxyl groups is 1. The van der Waals surface area contributed by atoms with Crippen molar-refractivity contribution in [2.24, 2.45) is 0 Å². The minimum absolute atomic E-state index is 0.208. The quantitative estimate of drug-likeness (QED) is 0.305. The van der Waals surface area contributed by atoms with Gasteiger partial charge in [0.25, 0.3) is 0 Å². The highest BCUT2D eigenvalue weighted by Crippen LogP contribution is 2.33. The van der Waals surface area contributed by atoms with Crippen LogP contribution in [0.3, 0.4) is 0 Å². The van der Waals surface area contributed by atoms with Crippen molar-refractivity contribution in [2.45, 2.75) is 26.0 Å². The van der Waals surface area contributed by atoms with Crippen molar-refractivity contribution >= 4 is 28.2 Å². The van der Waals surface area contributed by atoms with E-state index in [1.54, 1.807) is 57.0 Å². The first-order valence-corrected chi connectivity index (χ1v) is 11.6. The van der Waals surface area contributed by atoms with Crippen molar-refractivity contribution in [1.82, 2.24) is 24.9 Å². The van der Waals surface area contributed by atoms with E-state index in [1.165, 1.54) is 12.4 Å². The molecular weight excluding hydrogens is 479 g/mol. The maximum atomic E-state index is 14.7. The number of benzene rings is 2. The standard InChI is InChI=1S/C27H22ClFN6O/c1-27(2,36)26-34-12-20(13-35-26)17-4-6-24-21(8-17)25(22(28)14-32-24)33-11-18-7-16(3-5-23(18)29)19-9-30-15-31-10-19/h3-10,12-15,36H,11H2,1-2H3,(H,32,33). The average Bonchev–Trinajstić information content (AvgIpc) is 2.89. The van der Waals surface area contributed by atoms with Crippen LogP contribution in [-0.4, -0.2) is 30.0 Å². The maximum Gasteiger partial charge on any atom is 0.159 e. The molecule has 0 bridgehead atoms. The zero-order valence-corrected chi connectivity index (χ0v) is 20.3. The minimum Gasteiger partial charge on any atom is -0.382 e. The summed E-state index contributed by atoms with van der Waals surface area (Å²) < 4.78 is 14.7. The summed E-state index contributed by atoms with van der Waals surface area (Å²) in [5, 5.41) is 14.6. The molecule has 180 valence electrons. The van der Waals surface area contributed by atoms with Crippen LogP contribution in [0.25, 0.3) is 33.2 Å². The van der Waals surface area contributed by atoms with Crippen LogP contribution >= 0.6 is 11.6 Å². The number of pyridine rings is 1. The molecule has 0 atom stereocenters. The summed E-state index contributed by atoms with van der Waals surface area (Å²) in [7, 11) is 0. The van der Waals surface area contributed by atoms with Crippen molar-refractivity contribution in [3.8, 4) is 22.3 Å². The molecule has 9 heteroatoms. The highest BCUT2D eigenvalue weighted by molar-refractivity contribution is 6.34. The van der Waals surface area contributed by atoms with Gasteiger partial charge in [-0.15, -0.1) is 0 Å². The molecular formula is C27H22ClFN6O. The molecule has 0 aliphatic heterocycles. The average molecular weight is 501 g/mol.